The first-order chi connectivity index (χ1) is 9.40. The summed E-state index contributed by atoms with van der Waals surface area (Å²) in [5.41, 5.74) is 1.17. The van der Waals surface area contributed by atoms with Gasteiger partial charge in [0.1, 0.15) is 5.82 Å². The zero-order valence-corrected chi connectivity index (χ0v) is 12.5. The number of halogens is 2. The second-order valence-electron chi connectivity index (χ2n) is 4.58. The number of carboxylic acids is 1. The highest BCUT2D eigenvalue weighted by molar-refractivity contribution is 9.10. The minimum atomic E-state index is -1.06. The number of carbonyl (C=O) groups is 1. The van der Waals surface area contributed by atoms with Crippen LogP contribution in [0.4, 0.5) is 4.39 Å². The summed E-state index contributed by atoms with van der Waals surface area (Å²) in [6.45, 7) is 3.72. The molecule has 0 aliphatic carbocycles. The number of carboxylic acid groups (broad SMARTS) is 1. The highest BCUT2D eigenvalue weighted by Gasteiger charge is 2.17. The van der Waals surface area contributed by atoms with Crippen LogP contribution in [0.1, 0.15) is 35.8 Å². The second-order valence-corrected chi connectivity index (χ2v) is 5.44. The van der Waals surface area contributed by atoms with E-state index in [-0.39, 0.29) is 17.3 Å². The predicted molar refractivity (Wildman–Crippen MR) is 76.2 cm³/mol. The average molecular weight is 339 g/mol. The smallest absolute Gasteiger partial charge is 0.339 e. The van der Waals surface area contributed by atoms with E-state index in [1.807, 2.05) is 13.8 Å². The predicted octanol–water partition coefficient (Wildman–Crippen LogP) is 3.87. The summed E-state index contributed by atoms with van der Waals surface area (Å²) in [7, 11) is 0. The van der Waals surface area contributed by atoms with E-state index in [0.29, 0.717) is 21.6 Å². The van der Waals surface area contributed by atoms with E-state index in [9.17, 15) is 9.18 Å². The van der Waals surface area contributed by atoms with Crippen LogP contribution in [0.2, 0.25) is 0 Å². The lowest BCUT2D eigenvalue weighted by Gasteiger charge is -2.10. The Balaban J connectivity index is 2.55. The molecule has 0 unspecified atom stereocenters. The largest absolute Gasteiger partial charge is 0.478 e. The van der Waals surface area contributed by atoms with Gasteiger partial charge in [-0.1, -0.05) is 13.8 Å². The van der Waals surface area contributed by atoms with Crippen molar-refractivity contribution in [3.63, 3.8) is 0 Å². The molecule has 20 heavy (non-hydrogen) atoms. The Morgan fingerprint density at radius 2 is 2.10 bits per heavy atom. The highest BCUT2D eigenvalue weighted by Crippen LogP contribution is 2.25. The number of nitrogens with zero attached hydrogens (tertiary/aromatic N) is 2. The molecule has 6 heteroatoms. The van der Waals surface area contributed by atoms with Crippen LogP contribution in [0, 0.1) is 5.82 Å². The number of rotatable bonds is 3. The summed E-state index contributed by atoms with van der Waals surface area (Å²) in [5.74, 6) is -1.10. The van der Waals surface area contributed by atoms with Crippen molar-refractivity contribution in [1.29, 1.82) is 0 Å². The van der Waals surface area contributed by atoms with E-state index >= 15 is 0 Å². The summed E-state index contributed by atoms with van der Waals surface area (Å²) in [5, 5.41) is 9.12. The summed E-state index contributed by atoms with van der Waals surface area (Å²) < 4.78 is 13.5. The highest BCUT2D eigenvalue weighted by atomic mass is 79.9. The molecule has 2 aromatic rings. The van der Waals surface area contributed by atoms with Gasteiger partial charge in [0.25, 0.3) is 0 Å². The lowest BCUT2D eigenvalue weighted by atomic mass is 10.0. The first-order valence-electron chi connectivity index (χ1n) is 5.95. The maximum atomic E-state index is 13.2. The number of hydrogen-bond donors (Lipinski definition) is 1. The summed E-state index contributed by atoms with van der Waals surface area (Å²) in [6.07, 6.45) is 1.29. The third-order valence-corrected chi connectivity index (χ3v) is 3.38. The minimum Gasteiger partial charge on any atom is -0.478 e. The normalized spacial score (nSPS) is 10.8. The van der Waals surface area contributed by atoms with Crippen LogP contribution < -0.4 is 0 Å². The topological polar surface area (TPSA) is 63.1 Å². The van der Waals surface area contributed by atoms with E-state index < -0.39 is 5.97 Å². The fraction of sp³-hybridized carbons (Fsp3) is 0.214. The van der Waals surface area contributed by atoms with Gasteiger partial charge in [-0.15, -0.1) is 0 Å². The molecule has 4 nitrogen and oxygen atoms in total. The molecule has 1 N–H and O–H groups in total. The van der Waals surface area contributed by atoms with E-state index in [1.54, 1.807) is 12.1 Å². The van der Waals surface area contributed by atoms with Crippen molar-refractivity contribution < 1.29 is 14.3 Å². The van der Waals surface area contributed by atoms with Gasteiger partial charge in [0.15, 0.2) is 5.82 Å². The Bertz CT molecular complexity index is 674. The van der Waals surface area contributed by atoms with Crippen molar-refractivity contribution in [3.05, 3.63) is 45.9 Å². The van der Waals surface area contributed by atoms with Gasteiger partial charge in [-0.05, 0) is 40.0 Å². The van der Waals surface area contributed by atoms with Crippen LogP contribution in [0.3, 0.4) is 0 Å². The van der Waals surface area contributed by atoms with Crippen molar-refractivity contribution in [2.45, 2.75) is 19.8 Å². The van der Waals surface area contributed by atoms with Crippen molar-refractivity contribution >= 4 is 21.9 Å². The number of benzene rings is 1. The van der Waals surface area contributed by atoms with Crippen molar-refractivity contribution in [2.24, 2.45) is 0 Å². The van der Waals surface area contributed by atoms with Crippen LogP contribution in [0.15, 0.2) is 28.9 Å². The third kappa shape index (κ3) is 2.85. The third-order valence-electron chi connectivity index (χ3n) is 2.77. The standard InChI is InChI=1S/C14H12BrFN2O2/c1-7(2)12-9(14(19)20)6-17-13(18-12)8-3-4-11(16)10(15)5-8/h3-7H,1-2H3,(H,19,20). The van der Waals surface area contributed by atoms with Crippen LogP contribution in [-0.4, -0.2) is 21.0 Å². The van der Waals surface area contributed by atoms with E-state index in [0.717, 1.165) is 0 Å². The second kappa shape index (κ2) is 5.66. The van der Waals surface area contributed by atoms with Gasteiger partial charge in [0.2, 0.25) is 0 Å². The molecular weight excluding hydrogens is 327 g/mol. The molecule has 2 rings (SSSR count). The van der Waals surface area contributed by atoms with Gasteiger partial charge in [0.05, 0.1) is 15.7 Å². The number of aromatic nitrogens is 2. The molecule has 104 valence electrons. The molecule has 0 saturated heterocycles. The van der Waals surface area contributed by atoms with Gasteiger partial charge in [-0.25, -0.2) is 19.2 Å². The SMILES string of the molecule is CC(C)c1nc(-c2ccc(F)c(Br)c2)ncc1C(=O)O. The molecule has 0 spiro atoms. The lowest BCUT2D eigenvalue weighted by Crippen LogP contribution is -2.08. The van der Waals surface area contributed by atoms with E-state index in [4.69, 9.17) is 5.11 Å². The zero-order chi connectivity index (χ0) is 14.9. The Kier molecular flexibility index (Phi) is 4.13. The molecule has 0 aliphatic rings. The van der Waals surface area contributed by atoms with Gasteiger partial charge in [0, 0.05) is 11.8 Å². The first-order valence-corrected chi connectivity index (χ1v) is 6.75. The molecule has 0 fully saturated rings. The molecule has 0 atom stereocenters. The summed E-state index contributed by atoms with van der Waals surface area (Å²) in [4.78, 5) is 19.5. The first kappa shape index (κ1) is 14.6. The van der Waals surface area contributed by atoms with Crippen molar-refractivity contribution in [2.75, 3.05) is 0 Å². The molecule has 1 aromatic heterocycles. The van der Waals surface area contributed by atoms with Gasteiger partial charge in [-0.3, -0.25) is 0 Å². The minimum absolute atomic E-state index is 0.0493. The zero-order valence-electron chi connectivity index (χ0n) is 10.9. The molecule has 1 heterocycles. The molecule has 0 saturated carbocycles. The maximum Gasteiger partial charge on any atom is 0.339 e. The summed E-state index contributed by atoms with van der Waals surface area (Å²) >= 11 is 3.10. The van der Waals surface area contributed by atoms with Crippen molar-refractivity contribution in [3.8, 4) is 11.4 Å². The Morgan fingerprint density at radius 1 is 1.40 bits per heavy atom. The van der Waals surface area contributed by atoms with Crippen LogP contribution in [0.5, 0.6) is 0 Å². The van der Waals surface area contributed by atoms with Gasteiger partial charge in [-0.2, -0.15) is 0 Å². The number of aromatic carboxylic acids is 1. The van der Waals surface area contributed by atoms with E-state index in [1.165, 1.54) is 12.3 Å². The van der Waals surface area contributed by atoms with Crippen LogP contribution in [0.25, 0.3) is 11.4 Å². The molecule has 1 aromatic carbocycles. The van der Waals surface area contributed by atoms with Gasteiger partial charge < -0.3 is 5.11 Å². The monoisotopic (exact) mass is 338 g/mol. The molecule has 0 amide bonds. The molecule has 0 bridgehead atoms. The molecular formula is C14H12BrFN2O2. The van der Waals surface area contributed by atoms with Crippen LogP contribution in [-0.2, 0) is 0 Å². The molecule has 0 radical (unpaired) electrons. The Labute approximate surface area is 123 Å². The quantitative estimate of drug-likeness (QED) is 0.922. The van der Waals surface area contributed by atoms with Crippen LogP contribution >= 0.6 is 15.9 Å². The fourth-order valence-corrected chi connectivity index (χ4v) is 2.15. The van der Waals surface area contributed by atoms with Gasteiger partial charge >= 0.3 is 5.97 Å². The Hall–Kier alpha value is -1.82. The Morgan fingerprint density at radius 3 is 2.65 bits per heavy atom. The van der Waals surface area contributed by atoms with E-state index in [2.05, 4.69) is 25.9 Å². The summed E-state index contributed by atoms with van der Waals surface area (Å²) in [6, 6.07) is 4.43. The average Bonchev–Trinajstić information content (AvgIpc) is 2.41. The maximum absolute atomic E-state index is 13.2. The molecule has 0 aliphatic heterocycles. The lowest BCUT2D eigenvalue weighted by molar-refractivity contribution is 0.0694. The number of hydrogen-bond acceptors (Lipinski definition) is 3. The fourth-order valence-electron chi connectivity index (χ4n) is 1.77. The van der Waals surface area contributed by atoms with Crippen molar-refractivity contribution in [1.82, 2.24) is 9.97 Å².